The molecule has 0 rings (SSSR count). The molecular formula is C9H17N3O3. The van der Waals surface area contributed by atoms with E-state index in [2.05, 4.69) is 10.6 Å². The van der Waals surface area contributed by atoms with E-state index in [1.54, 1.807) is 13.0 Å². The molecule has 0 aromatic rings. The van der Waals surface area contributed by atoms with Crippen LogP contribution in [0.15, 0.2) is 17.4 Å². The zero-order valence-electron chi connectivity index (χ0n) is 9.17. The van der Waals surface area contributed by atoms with E-state index in [4.69, 9.17) is 5.21 Å². The summed E-state index contributed by atoms with van der Waals surface area (Å²) in [5, 5.41) is 24.5. The van der Waals surface area contributed by atoms with Crippen LogP contribution in [0.25, 0.3) is 0 Å². The van der Waals surface area contributed by atoms with Gasteiger partial charge in [-0.15, -0.1) is 0 Å². The van der Waals surface area contributed by atoms with E-state index in [9.17, 15) is 10.0 Å². The number of nitrogens with zero attached hydrogens (tertiary/aromatic N) is 2. The molecule has 0 saturated heterocycles. The molecule has 1 atom stereocenters. The molecule has 6 heteroatoms. The minimum atomic E-state index is -0.566. The summed E-state index contributed by atoms with van der Waals surface area (Å²) >= 11 is 0. The number of rotatable bonds is 5. The van der Waals surface area contributed by atoms with Crippen LogP contribution < -0.4 is 5.32 Å². The monoisotopic (exact) mass is 215 g/mol. The Kier molecular flexibility index (Phi) is 6.08. The average Bonchev–Trinajstić information content (AvgIpc) is 2.17. The van der Waals surface area contributed by atoms with Crippen molar-refractivity contribution in [3.8, 4) is 0 Å². The van der Waals surface area contributed by atoms with Crippen LogP contribution in [-0.4, -0.2) is 28.6 Å². The van der Waals surface area contributed by atoms with Gasteiger partial charge in [0.1, 0.15) is 0 Å². The van der Waals surface area contributed by atoms with Gasteiger partial charge in [0.25, 0.3) is 0 Å². The second-order valence-electron chi connectivity index (χ2n) is 3.45. The van der Waals surface area contributed by atoms with E-state index in [0.717, 1.165) is 0 Å². The molecule has 0 aliphatic carbocycles. The Hall–Kier alpha value is -1.59. The molecule has 1 unspecified atom stereocenters. The fraction of sp³-hybridized carbons (Fsp3) is 0.667. The van der Waals surface area contributed by atoms with Gasteiger partial charge in [-0.2, -0.15) is 0 Å². The van der Waals surface area contributed by atoms with Gasteiger partial charge in [-0.1, -0.05) is 24.8 Å². The number of hydrogen-bond acceptors (Lipinski definition) is 3. The molecule has 0 fully saturated rings. The van der Waals surface area contributed by atoms with Crippen LogP contribution in [-0.2, 0) is 4.79 Å². The molecule has 15 heavy (non-hydrogen) atoms. The maximum absolute atomic E-state index is 11.1. The van der Waals surface area contributed by atoms with Gasteiger partial charge in [0.15, 0.2) is 5.28 Å². The summed E-state index contributed by atoms with van der Waals surface area (Å²) in [6.07, 6.45) is 2.97. The molecule has 0 bridgehead atoms. The van der Waals surface area contributed by atoms with E-state index < -0.39 is 6.04 Å². The van der Waals surface area contributed by atoms with Gasteiger partial charge in [0.05, 0.1) is 6.54 Å². The molecule has 0 radical (unpaired) electrons. The molecule has 0 saturated carbocycles. The van der Waals surface area contributed by atoms with Crippen molar-refractivity contribution in [3.63, 3.8) is 0 Å². The fourth-order valence-corrected chi connectivity index (χ4v) is 1.05. The van der Waals surface area contributed by atoms with Crippen LogP contribution in [0.1, 0.15) is 20.8 Å². The summed E-state index contributed by atoms with van der Waals surface area (Å²) < 4.78 is 0. The maximum Gasteiger partial charge on any atom is 0.243 e. The first-order chi connectivity index (χ1) is 7.02. The minimum Gasteiger partial charge on any atom is -0.597 e. The van der Waals surface area contributed by atoms with Crippen molar-refractivity contribution in [1.29, 1.82) is 0 Å². The number of hydrogen-bond donors (Lipinski definition) is 2. The Morgan fingerprint density at radius 2 is 2.27 bits per heavy atom. The second-order valence-corrected chi connectivity index (χ2v) is 3.45. The predicted octanol–water partition coefficient (Wildman–Crippen LogP) is 1.05. The largest absolute Gasteiger partial charge is 0.597 e. The molecule has 1 amide bonds. The van der Waals surface area contributed by atoms with E-state index in [0.29, 0.717) is 0 Å². The highest BCUT2D eigenvalue weighted by molar-refractivity contribution is 5.87. The highest BCUT2D eigenvalue weighted by Crippen LogP contribution is 2.04. The Balaban J connectivity index is 4.26. The number of amides is 1. The maximum atomic E-state index is 11.1. The van der Waals surface area contributed by atoms with Crippen LogP contribution in [0.5, 0.6) is 0 Å². The molecule has 0 aromatic carbocycles. The summed E-state index contributed by atoms with van der Waals surface area (Å²) in [6.45, 7) is 5.49. The first-order valence-electron chi connectivity index (χ1n) is 4.74. The summed E-state index contributed by atoms with van der Waals surface area (Å²) in [5.41, 5.74) is 0. The highest BCUT2D eigenvalue weighted by atomic mass is 16.6. The summed E-state index contributed by atoms with van der Waals surface area (Å²) in [6, 6.07) is -0.566. The predicted molar refractivity (Wildman–Crippen MR) is 54.3 cm³/mol. The summed E-state index contributed by atoms with van der Waals surface area (Å²) in [7, 11) is 0. The SMILES string of the molecule is C/C=C/C(=O)NCC(C(C)C)[N+]([O-])=NO. The minimum absolute atomic E-state index is 0.0238. The van der Waals surface area contributed by atoms with Crippen molar-refractivity contribution in [3.05, 3.63) is 17.4 Å². The van der Waals surface area contributed by atoms with Crippen molar-refractivity contribution in [1.82, 2.24) is 5.32 Å². The Morgan fingerprint density at radius 3 is 2.67 bits per heavy atom. The molecule has 0 aliphatic heterocycles. The third-order valence-corrected chi connectivity index (χ3v) is 1.94. The molecule has 0 heterocycles. The van der Waals surface area contributed by atoms with Gasteiger partial charge < -0.3 is 15.7 Å². The van der Waals surface area contributed by atoms with Crippen molar-refractivity contribution in [2.45, 2.75) is 26.8 Å². The molecule has 0 aliphatic rings. The topological polar surface area (TPSA) is 87.8 Å². The normalized spacial score (nSPS) is 14.5. The lowest BCUT2D eigenvalue weighted by molar-refractivity contribution is -0.596. The van der Waals surface area contributed by atoms with Gasteiger partial charge in [-0.3, -0.25) is 4.79 Å². The first-order valence-corrected chi connectivity index (χ1v) is 4.74. The van der Waals surface area contributed by atoms with Crippen LogP contribution in [0.3, 0.4) is 0 Å². The van der Waals surface area contributed by atoms with Crippen molar-refractivity contribution in [2.75, 3.05) is 6.54 Å². The Morgan fingerprint density at radius 1 is 1.67 bits per heavy atom. The van der Waals surface area contributed by atoms with Crippen molar-refractivity contribution in [2.24, 2.45) is 11.2 Å². The lowest BCUT2D eigenvalue weighted by atomic mass is 10.1. The number of allylic oxidation sites excluding steroid dienone is 1. The zero-order valence-corrected chi connectivity index (χ0v) is 9.17. The fourth-order valence-electron chi connectivity index (χ4n) is 1.05. The van der Waals surface area contributed by atoms with Crippen molar-refractivity contribution >= 4 is 5.91 Å². The summed E-state index contributed by atoms with van der Waals surface area (Å²) in [4.78, 5) is 11.3. The third-order valence-electron chi connectivity index (χ3n) is 1.94. The molecular weight excluding hydrogens is 198 g/mol. The van der Waals surface area contributed by atoms with E-state index in [-0.39, 0.29) is 23.2 Å². The van der Waals surface area contributed by atoms with Crippen LogP contribution >= 0.6 is 0 Å². The van der Waals surface area contributed by atoms with Crippen LogP contribution in [0.4, 0.5) is 0 Å². The third kappa shape index (κ3) is 4.99. The lowest BCUT2D eigenvalue weighted by Crippen LogP contribution is -2.39. The van der Waals surface area contributed by atoms with E-state index in [1.807, 2.05) is 13.8 Å². The average molecular weight is 215 g/mol. The lowest BCUT2D eigenvalue weighted by Gasteiger charge is -2.16. The molecule has 86 valence electrons. The second kappa shape index (κ2) is 6.80. The molecule has 6 nitrogen and oxygen atoms in total. The Bertz CT molecular complexity index is 261. The van der Waals surface area contributed by atoms with Crippen LogP contribution in [0.2, 0.25) is 0 Å². The molecule has 2 N–H and O–H groups in total. The van der Waals surface area contributed by atoms with Gasteiger partial charge in [0, 0.05) is 5.92 Å². The highest BCUT2D eigenvalue weighted by Gasteiger charge is 2.23. The molecule has 0 spiro atoms. The van der Waals surface area contributed by atoms with Gasteiger partial charge >= 0.3 is 0 Å². The molecule has 0 aromatic heterocycles. The number of carbonyl (C=O) groups is 1. The van der Waals surface area contributed by atoms with Gasteiger partial charge in [-0.25, -0.2) is 0 Å². The van der Waals surface area contributed by atoms with Gasteiger partial charge in [-0.05, 0) is 13.0 Å². The van der Waals surface area contributed by atoms with Crippen molar-refractivity contribution < 1.29 is 14.9 Å². The van der Waals surface area contributed by atoms with E-state index >= 15 is 0 Å². The number of hydroxylamine groups is 1. The van der Waals surface area contributed by atoms with Crippen LogP contribution in [0, 0.1) is 11.1 Å². The Labute approximate surface area is 88.8 Å². The quantitative estimate of drug-likeness (QED) is 0.311. The van der Waals surface area contributed by atoms with E-state index in [1.165, 1.54) is 6.08 Å². The smallest absolute Gasteiger partial charge is 0.243 e. The number of carbonyl (C=O) groups excluding carboxylic acids is 1. The zero-order chi connectivity index (χ0) is 11.8. The standard InChI is InChI=1S/C9H17N3O3/c1-4-5-9(13)10-6-8(7(2)3)12(15)11-14/h4-5,7-8,14H,6H2,1-3H3,(H,10,13)/b5-4+,12-11?. The summed E-state index contributed by atoms with van der Waals surface area (Å²) in [5.74, 6) is -0.293. The van der Waals surface area contributed by atoms with Gasteiger partial charge in [0.2, 0.25) is 11.9 Å². The first kappa shape index (κ1) is 13.4. The number of nitrogens with one attached hydrogen (secondary N) is 1.